The zero-order chi connectivity index (χ0) is 15.6. The largest absolute Gasteiger partial charge is 0.467 e. The molecule has 2 aromatic rings. The lowest BCUT2D eigenvalue weighted by atomic mass is 9.95. The number of carbonyl (C=O) groups excluding carboxylic acids is 1. The number of carbonyl (C=O) groups is 1. The molecule has 0 aliphatic heterocycles. The Morgan fingerprint density at radius 2 is 2.05 bits per heavy atom. The molecule has 1 saturated carbocycles. The molecule has 0 bridgehead atoms. The maximum absolute atomic E-state index is 13.0. The Balaban J connectivity index is 1.55. The Morgan fingerprint density at radius 3 is 2.64 bits per heavy atom. The van der Waals surface area contributed by atoms with E-state index >= 15 is 0 Å². The number of aliphatic hydroxyl groups is 1. The monoisotopic (exact) mass is 303 g/mol. The SMILES string of the molecule is O=C(NCCC(O)c1ccco1)C1(c2ccc(F)cc2)CC1. The first-order valence-corrected chi connectivity index (χ1v) is 7.38. The average molecular weight is 303 g/mol. The molecule has 1 aliphatic carbocycles. The molecule has 4 nitrogen and oxygen atoms in total. The number of hydrogen-bond acceptors (Lipinski definition) is 3. The number of aliphatic hydroxyl groups excluding tert-OH is 1. The molecule has 22 heavy (non-hydrogen) atoms. The van der Waals surface area contributed by atoms with Crippen molar-refractivity contribution in [3.63, 3.8) is 0 Å². The fourth-order valence-electron chi connectivity index (χ4n) is 2.66. The predicted octanol–water partition coefficient (Wildman–Crippen LogP) is 2.69. The summed E-state index contributed by atoms with van der Waals surface area (Å²) >= 11 is 0. The van der Waals surface area contributed by atoms with Crippen molar-refractivity contribution >= 4 is 5.91 Å². The quantitative estimate of drug-likeness (QED) is 0.862. The third-order valence-corrected chi connectivity index (χ3v) is 4.16. The summed E-state index contributed by atoms with van der Waals surface area (Å²) in [5.41, 5.74) is 0.321. The van der Waals surface area contributed by atoms with Gasteiger partial charge in [0, 0.05) is 6.54 Å². The Labute approximate surface area is 128 Å². The van der Waals surface area contributed by atoms with Crippen molar-refractivity contribution in [2.24, 2.45) is 0 Å². The van der Waals surface area contributed by atoms with Gasteiger partial charge in [0.05, 0.1) is 11.7 Å². The number of furan rings is 1. The summed E-state index contributed by atoms with van der Waals surface area (Å²) in [7, 11) is 0. The molecule has 0 spiro atoms. The number of hydrogen-bond donors (Lipinski definition) is 2. The molecule has 1 fully saturated rings. The van der Waals surface area contributed by atoms with Crippen molar-refractivity contribution < 1.29 is 18.7 Å². The van der Waals surface area contributed by atoms with E-state index in [2.05, 4.69) is 5.32 Å². The summed E-state index contributed by atoms with van der Waals surface area (Å²) in [4.78, 5) is 12.4. The second kappa shape index (κ2) is 5.93. The zero-order valence-corrected chi connectivity index (χ0v) is 12.1. The Morgan fingerprint density at radius 1 is 1.32 bits per heavy atom. The summed E-state index contributed by atoms with van der Waals surface area (Å²) in [6, 6.07) is 9.50. The van der Waals surface area contributed by atoms with E-state index in [1.807, 2.05) is 0 Å². The van der Waals surface area contributed by atoms with E-state index in [-0.39, 0.29) is 11.7 Å². The minimum absolute atomic E-state index is 0.0641. The fraction of sp³-hybridized carbons (Fsp3) is 0.353. The van der Waals surface area contributed by atoms with Gasteiger partial charge in [-0.2, -0.15) is 0 Å². The molecule has 5 heteroatoms. The lowest BCUT2D eigenvalue weighted by molar-refractivity contribution is -0.123. The Hall–Kier alpha value is -2.14. The fourth-order valence-corrected chi connectivity index (χ4v) is 2.66. The first-order chi connectivity index (χ1) is 10.6. The van der Waals surface area contributed by atoms with Crippen LogP contribution in [0.2, 0.25) is 0 Å². The van der Waals surface area contributed by atoms with Gasteiger partial charge in [0.25, 0.3) is 0 Å². The molecule has 1 aromatic carbocycles. The highest BCUT2D eigenvalue weighted by atomic mass is 19.1. The van der Waals surface area contributed by atoms with E-state index < -0.39 is 11.5 Å². The summed E-state index contributed by atoms with van der Waals surface area (Å²) in [5.74, 6) is 0.126. The van der Waals surface area contributed by atoms with E-state index in [1.165, 1.54) is 18.4 Å². The highest BCUT2D eigenvalue weighted by Crippen LogP contribution is 2.48. The molecule has 0 radical (unpaired) electrons. The molecule has 1 unspecified atom stereocenters. The standard InChI is InChI=1S/C17H18FNO3/c18-13-5-3-12(4-6-13)17(8-9-17)16(21)19-10-7-14(20)15-2-1-11-22-15/h1-6,11,14,20H,7-10H2,(H,19,21). The van der Waals surface area contributed by atoms with Gasteiger partial charge in [-0.25, -0.2) is 4.39 Å². The van der Waals surface area contributed by atoms with Crippen molar-refractivity contribution in [3.8, 4) is 0 Å². The van der Waals surface area contributed by atoms with Crippen LogP contribution in [0.15, 0.2) is 47.1 Å². The molecule has 1 heterocycles. The van der Waals surface area contributed by atoms with Crippen molar-refractivity contribution in [2.45, 2.75) is 30.8 Å². The van der Waals surface area contributed by atoms with Crippen LogP contribution in [0.3, 0.4) is 0 Å². The molecular weight excluding hydrogens is 285 g/mol. The highest BCUT2D eigenvalue weighted by molar-refractivity contribution is 5.91. The summed E-state index contributed by atoms with van der Waals surface area (Å²) < 4.78 is 18.1. The predicted molar refractivity (Wildman–Crippen MR) is 78.6 cm³/mol. The number of halogens is 1. The maximum atomic E-state index is 13.0. The van der Waals surface area contributed by atoms with Crippen LogP contribution >= 0.6 is 0 Å². The smallest absolute Gasteiger partial charge is 0.230 e. The van der Waals surface area contributed by atoms with Gasteiger partial charge in [-0.1, -0.05) is 12.1 Å². The van der Waals surface area contributed by atoms with Gasteiger partial charge in [-0.05, 0) is 49.1 Å². The van der Waals surface area contributed by atoms with Gasteiger partial charge in [-0.3, -0.25) is 4.79 Å². The van der Waals surface area contributed by atoms with Crippen LogP contribution in [0.25, 0.3) is 0 Å². The second-order valence-corrected chi connectivity index (χ2v) is 5.66. The van der Waals surface area contributed by atoms with Gasteiger partial charge < -0.3 is 14.8 Å². The normalized spacial score (nSPS) is 17.0. The highest BCUT2D eigenvalue weighted by Gasteiger charge is 2.51. The van der Waals surface area contributed by atoms with Crippen molar-refractivity contribution in [1.82, 2.24) is 5.32 Å². The molecular formula is C17H18FNO3. The van der Waals surface area contributed by atoms with Crippen LogP contribution in [-0.4, -0.2) is 17.6 Å². The second-order valence-electron chi connectivity index (χ2n) is 5.66. The van der Waals surface area contributed by atoms with Crippen LogP contribution in [0.5, 0.6) is 0 Å². The van der Waals surface area contributed by atoms with Gasteiger partial charge >= 0.3 is 0 Å². The van der Waals surface area contributed by atoms with Crippen LogP contribution in [0, 0.1) is 5.82 Å². The Kier molecular flexibility index (Phi) is 3.98. The average Bonchev–Trinajstić information content (AvgIpc) is 3.14. The van der Waals surface area contributed by atoms with E-state index in [0.29, 0.717) is 18.7 Å². The first kappa shape index (κ1) is 14.8. The van der Waals surface area contributed by atoms with Gasteiger partial charge in [0.2, 0.25) is 5.91 Å². The van der Waals surface area contributed by atoms with Crippen LogP contribution in [-0.2, 0) is 10.2 Å². The van der Waals surface area contributed by atoms with Crippen molar-refractivity contribution in [3.05, 3.63) is 59.8 Å². The molecule has 1 aliphatic rings. The van der Waals surface area contributed by atoms with Gasteiger partial charge in [-0.15, -0.1) is 0 Å². The van der Waals surface area contributed by atoms with E-state index in [0.717, 1.165) is 18.4 Å². The summed E-state index contributed by atoms with van der Waals surface area (Å²) in [6.45, 7) is 0.365. The summed E-state index contributed by atoms with van der Waals surface area (Å²) in [5, 5.41) is 12.8. The molecule has 3 rings (SSSR count). The lowest BCUT2D eigenvalue weighted by Crippen LogP contribution is -2.35. The molecule has 1 aromatic heterocycles. The van der Waals surface area contributed by atoms with E-state index in [9.17, 15) is 14.3 Å². The van der Waals surface area contributed by atoms with Gasteiger partial charge in [0.1, 0.15) is 17.7 Å². The van der Waals surface area contributed by atoms with E-state index in [1.54, 1.807) is 24.3 Å². The minimum atomic E-state index is -0.726. The Bertz CT molecular complexity index is 632. The minimum Gasteiger partial charge on any atom is -0.467 e. The molecule has 0 saturated heterocycles. The number of rotatable bonds is 6. The van der Waals surface area contributed by atoms with E-state index in [4.69, 9.17) is 4.42 Å². The third kappa shape index (κ3) is 2.90. The van der Waals surface area contributed by atoms with Crippen LogP contribution in [0.1, 0.15) is 36.7 Å². The maximum Gasteiger partial charge on any atom is 0.230 e. The van der Waals surface area contributed by atoms with Crippen LogP contribution in [0.4, 0.5) is 4.39 Å². The van der Waals surface area contributed by atoms with Crippen molar-refractivity contribution in [2.75, 3.05) is 6.54 Å². The zero-order valence-electron chi connectivity index (χ0n) is 12.1. The number of amides is 1. The summed E-state index contributed by atoms with van der Waals surface area (Å²) in [6.07, 6.45) is 2.70. The molecule has 116 valence electrons. The third-order valence-electron chi connectivity index (χ3n) is 4.16. The molecule has 1 amide bonds. The molecule has 2 N–H and O–H groups in total. The van der Waals surface area contributed by atoms with Gasteiger partial charge in [0.15, 0.2) is 0 Å². The lowest BCUT2D eigenvalue weighted by Gasteiger charge is -2.16. The number of nitrogens with one attached hydrogen (secondary N) is 1. The van der Waals surface area contributed by atoms with Crippen molar-refractivity contribution in [1.29, 1.82) is 0 Å². The van der Waals surface area contributed by atoms with Crippen LogP contribution < -0.4 is 5.32 Å². The number of benzene rings is 1. The molecule has 1 atom stereocenters. The first-order valence-electron chi connectivity index (χ1n) is 7.38. The topological polar surface area (TPSA) is 62.5 Å².